The first-order valence-electron chi connectivity index (χ1n) is 8.43. The van der Waals surface area contributed by atoms with Crippen LogP contribution in [-0.2, 0) is 25.3 Å². The van der Waals surface area contributed by atoms with Crippen molar-refractivity contribution < 1.29 is 21.6 Å². The zero-order valence-electron chi connectivity index (χ0n) is 15.9. The van der Waals surface area contributed by atoms with E-state index in [1.54, 1.807) is 0 Å². The van der Waals surface area contributed by atoms with Gasteiger partial charge in [0.1, 0.15) is 12.4 Å². The molecule has 148 valence electrons. The van der Waals surface area contributed by atoms with E-state index in [1.807, 2.05) is 24.3 Å². The summed E-state index contributed by atoms with van der Waals surface area (Å²) in [5, 5.41) is 0. The van der Waals surface area contributed by atoms with Crippen LogP contribution in [0.15, 0.2) is 58.3 Å². The highest BCUT2D eigenvalue weighted by Gasteiger charge is 2.19. The van der Waals surface area contributed by atoms with Crippen molar-refractivity contribution in [1.29, 1.82) is 0 Å². The Labute approximate surface area is 161 Å². The molecule has 0 aromatic heterocycles. The fourth-order valence-corrected chi connectivity index (χ4v) is 4.14. The minimum absolute atomic E-state index is 0.00462. The molecule has 0 heterocycles. The minimum atomic E-state index is -3.74. The van der Waals surface area contributed by atoms with E-state index >= 15 is 0 Å². The van der Waals surface area contributed by atoms with Crippen LogP contribution in [0.2, 0.25) is 0 Å². The highest BCUT2D eigenvalue weighted by molar-refractivity contribution is 7.90. The lowest BCUT2D eigenvalue weighted by Gasteiger charge is -2.22. The van der Waals surface area contributed by atoms with E-state index in [2.05, 4.69) is 25.5 Å². The maximum Gasteiger partial charge on any atom is 0.240 e. The molecular formula is C19H25NO5S2. The molecule has 0 fully saturated rings. The molecule has 2 rings (SSSR count). The average molecular weight is 412 g/mol. The fraction of sp³-hybridized carbons (Fsp3) is 0.368. The zero-order chi connectivity index (χ0) is 20.3. The molecule has 0 radical (unpaired) electrons. The summed E-state index contributed by atoms with van der Waals surface area (Å²) in [7, 11) is -7.11. The number of rotatable bonds is 7. The number of ether oxygens (including phenoxy) is 1. The highest BCUT2D eigenvalue weighted by Crippen LogP contribution is 2.30. The van der Waals surface area contributed by atoms with Gasteiger partial charge in [0, 0.05) is 12.8 Å². The molecule has 27 heavy (non-hydrogen) atoms. The van der Waals surface area contributed by atoms with Gasteiger partial charge in [-0.1, -0.05) is 39.0 Å². The summed E-state index contributed by atoms with van der Waals surface area (Å²) in [6.07, 6.45) is 1.07. The Morgan fingerprint density at radius 3 is 2.00 bits per heavy atom. The maximum absolute atomic E-state index is 12.3. The molecule has 0 aliphatic heterocycles. The largest absolute Gasteiger partial charge is 0.492 e. The van der Waals surface area contributed by atoms with E-state index in [-0.39, 0.29) is 28.4 Å². The molecule has 0 saturated carbocycles. The summed E-state index contributed by atoms with van der Waals surface area (Å²) in [5.74, 6) is 0.724. The van der Waals surface area contributed by atoms with E-state index in [0.717, 1.165) is 17.6 Å². The quantitative estimate of drug-likeness (QED) is 0.708. The van der Waals surface area contributed by atoms with Gasteiger partial charge in [-0.3, -0.25) is 0 Å². The summed E-state index contributed by atoms with van der Waals surface area (Å²) in [4.78, 5) is 0.0774. The third-order valence-corrected chi connectivity index (χ3v) is 6.51. The predicted octanol–water partition coefficient (Wildman–Crippen LogP) is 2.74. The molecule has 0 aliphatic carbocycles. The van der Waals surface area contributed by atoms with E-state index in [4.69, 9.17) is 4.74 Å². The van der Waals surface area contributed by atoms with Gasteiger partial charge in [0.25, 0.3) is 0 Å². The van der Waals surface area contributed by atoms with Crippen LogP contribution in [0.5, 0.6) is 5.75 Å². The second-order valence-electron chi connectivity index (χ2n) is 7.24. The monoisotopic (exact) mass is 411 g/mol. The Morgan fingerprint density at radius 1 is 0.889 bits per heavy atom. The lowest BCUT2D eigenvalue weighted by atomic mass is 9.86. The van der Waals surface area contributed by atoms with Crippen LogP contribution in [0.1, 0.15) is 26.3 Å². The molecule has 2 aromatic rings. The molecule has 0 spiro atoms. The summed E-state index contributed by atoms with van der Waals surface area (Å²) >= 11 is 0. The van der Waals surface area contributed by atoms with Crippen molar-refractivity contribution in [3.63, 3.8) is 0 Å². The Balaban J connectivity index is 1.99. The second kappa shape index (κ2) is 8.00. The minimum Gasteiger partial charge on any atom is -0.492 e. The van der Waals surface area contributed by atoms with Gasteiger partial charge in [-0.2, -0.15) is 0 Å². The Kier molecular flexibility index (Phi) is 6.34. The Morgan fingerprint density at radius 2 is 1.44 bits per heavy atom. The summed E-state index contributed by atoms with van der Waals surface area (Å²) in [6, 6.07) is 12.8. The topological polar surface area (TPSA) is 89.5 Å². The molecule has 0 bridgehead atoms. The Bertz CT molecular complexity index is 989. The van der Waals surface area contributed by atoms with Crippen molar-refractivity contribution in [2.24, 2.45) is 0 Å². The van der Waals surface area contributed by atoms with Crippen molar-refractivity contribution in [3.8, 4) is 5.75 Å². The van der Waals surface area contributed by atoms with E-state index in [1.165, 1.54) is 24.3 Å². The molecule has 1 N–H and O–H groups in total. The van der Waals surface area contributed by atoms with Crippen molar-refractivity contribution in [1.82, 2.24) is 4.72 Å². The lowest BCUT2D eigenvalue weighted by molar-refractivity contribution is 0.314. The standard InChI is InChI=1S/C19H25NO5S2/c1-19(2,3)17-7-5-6-8-18(17)25-14-13-20-27(23,24)16-11-9-15(10-12-16)26(4,21)22/h5-12,20H,13-14H2,1-4H3. The van der Waals surface area contributed by atoms with Crippen LogP contribution < -0.4 is 9.46 Å². The second-order valence-corrected chi connectivity index (χ2v) is 11.0. The van der Waals surface area contributed by atoms with Crippen LogP contribution in [-0.4, -0.2) is 36.2 Å². The summed E-state index contributed by atoms with van der Waals surface area (Å²) in [6.45, 7) is 6.51. The number of sulfone groups is 1. The number of hydrogen-bond acceptors (Lipinski definition) is 5. The molecular weight excluding hydrogens is 386 g/mol. The first kappa shape index (κ1) is 21.4. The van der Waals surface area contributed by atoms with E-state index in [9.17, 15) is 16.8 Å². The van der Waals surface area contributed by atoms with Gasteiger partial charge in [0.2, 0.25) is 10.0 Å². The SMILES string of the molecule is CC(C)(C)c1ccccc1OCCNS(=O)(=O)c1ccc(S(C)(=O)=O)cc1. The van der Waals surface area contributed by atoms with Gasteiger partial charge in [0.05, 0.1) is 9.79 Å². The number of benzene rings is 2. The van der Waals surface area contributed by atoms with Crippen LogP contribution in [0.25, 0.3) is 0 Å². The molecule has 0 unspecified atom stereocenters. The molecule has 0 saturated heterocycles. The predicted molar refractivity (Wildman–Crippen MR) is 105 cm³/mol. The van der Waals surface area contributed by atoms with Crippen molar-refractivity contribution in [3.05, 3.63) is 54.1 Å². The zero-order valence-corrected chi connectivity index (χ0v) is 17.5. The molecule has 8 heteroatoms. The smallest absolute Gasteiger partial charge is 0.240 e. The lowest BCUT2D eigenvalue weighted by Crippen LogP contribution is -2.28. The molecule has 0 aliphatic rings. The number of nitrogens with one attached hydrogen (secondary N) is 1. The normalized spacial score (nSPS) is 12.7. The van der Waals surface area contributed by atoms with Crippen LogP contribution in [0, 0.1) is 0 Å². The van der Waals surface area contributed by atoms with Crippen molar-refractivity contribution >= 4 is 19.9 Å². The fourth-order valence-electron chi connectivity index (χ4n) is 2.50. The van der Waals surface area contributed by atoms with Crippen LogP contribution in [0.4, 0.5) is 0 Å². The number of sulfonamides is 1. The third kappa shape index (κ3) is 5.79. The van der Waals surface area contributed by atoms with Gasteiger partial charge in [0.15, 0.2) is 9.84 Å². The average Bonchev–Trinajstić information content (AvgIpc) is 2.57. The Hall–Kier alpha value is -1.90. The number of para-hydroxylation sites is 1. The highest BCUT2D eigenvalue weighted by atomic mass is 32.2. The first-order valence-corrected chi connectivity index (χ1v) is 11.8. The maximum atomic E-state index is 12.3. The van der Waals surface area contributed by atoms with Crippen molar-refractivity contribution in [2.75, 3.05) is 19.4 Å². The molecule has 2 aromatic carbocycles. The number of hydrogen-bond donors (Lipinski definition) is 1. The molecule has 0 atom stereocenters. The van der Waals surface area contributed by atoms with E-state index in [0.29, 0.717) is 0 Å². The molecule has 0 amide bonds. The van der Waals surface area contributed by atoms with Crippen LogP contribution in [0.3, 0.4) is 0 Å². The summed E-state index contributed by atoms with van der Waals surface area (Å²) in [5.41, 5.74) is 0.960. The molecule has 6 nitrogen and oxygen atoms in total. The third-order valence-electron chi connectivity index (χ3n) is 3.91. The van der Waals surface area contributed by atoms with Crippen LogP contribution >= 0.6 is 0 Å². The van der Waals surface area contributed by atoms with Gasteiger partial charge in [-0.05, 0) is 41.3 Å². The van der Waals surface area contributed by atoms with Gasteiger partial charge in [-0.25, -0.2) is 21.6 Å². The van der Waals surface area contributed by atoms with Gasteiger partial charge >= 0.3 is 0 Å². The van der Waals surface area contributed by atoms with E-state index < -0.39 is 19.9 Å². The first-order chi connectivity index (χ1) is 12.4. The summed E-state index contributed by atoms with van der Waals surface area (Å²) < 4.78 is 55.8. The van der Waals surface area contributed by atoms with Gasteiger partial charge in [-0.15, -0.1) is 0 Å². The van der Waals surface area contributed by atoms with Gasteiger partial charge < -0.3 is 4.74 Å². The van der Waals surface area contributed by atoms with Crippen molar-refractivity contribution in [2.45, 2.75) is 36.0 Å².